The van der Waals surface area contributed by atoms with Gasteiger partial charge in [-0.05, 0) is 35.4 Å². The summed E-state index contributed by atoms with van der Waals surface area (Å²) in [6, 6.07) is 15.5. The molecule has 0 aliphatic heterocycles. The lowest BCUT2D eigenvalue weighted by molar-refractivity contribution is -0.151. The van der Waals surface area contributed by atoms with E-state index in [4.69, 9.17) is 9.47 Å². The van der Waals surface area contributed by atoms with E-state index in [9.17, 15) is 14.7 Å². The topological polar surface area (TPSA) is 84.9 Å². The number of hydrogen-bond acceptors (Lipinski definition) is 5. The molecular weight excluding hydrogens is 386 g/mol. The second kappa shape index (κ2) is 9.60. The molecule has 2 N–H and O–H groups in total. The molecule has 0 heterocycles. The van der Waals surface area contributed by atoms with Crippen LogP contribution in [0.5, 0.6) is 5.75 Å². The predicted octanol–water partition coefficient (Wildman–Crippen LogP) is 4.01. The van der Waals surface area contributed by atoms with Crippen molar-refractivity contribution in [3.63, 3.8) is 0 Å². The Bertz CT molecular complexity index is 817. The number of methoxy groups -OCH3 is 2. The molecule has 0 fully saturated rings. The Labute approximate surface area is 172 Å². The summed E-state index contributed by atoms with van der Waals surface area (Å²) in [7, 11) is 0.787. The molecule has 6 nitrogen and oxygen atoms in total. The molecule has 3 atom stereocenters. The average Bonchev–Trinajstić information content (AvgIpc) is 2.69. The first-order valence-corrected chi connectivity index (χ1v) is 13.0. The fraction of sp³-hybridized carbons (Fsp3) is 0.364. The summed E-state index contributed by atoms with van der Waals surface area (Å²) in [5.74, 6) is -1.95. The summed E-state index contributed by atoms with van der Waals surface area (Å²) in [6.07, 6.45) is 0. The molecule has 7 heteroatoms. The van der Waals surface area contributed by atoms with Crippen LogP contribution in [0, 0.1) is 5.92 Å². The van der Waals surface area contributed by atoms with Gasteiger partial charge in [0, 0.05) is 5.69 Å². The number of benzene rings is 2. The van der Waals surface area contributed by atoms with Crippen molar-refractivity contribution in [1.82, 2.24) is 0 Å². The van der Waals surface area contributed by atoms with Gasteiger partial charge in [0.1, 0.15) is 11.8 Å². The van der Waals surface area contributed by atoms with Gasteiger partial charge in [0.2, 0.25) is 0 Å². The number of nitrogens with one attached hydrogen (secondary N) is 1. The largest absolute Gasteiger partial charge is 0.497 e. The maximum absolute atomic E-state index is 12.7. The minimum absolute atomic E-state index is 0.295. The monoisotopic (exact) mass is 415 g/mol. The first-order chi connectivity index (χ1) is 13.7. The first kappa shape index (κ1) is 22.5. The van der Waals surface area contributed by atoms with E-state index in [0.717, 1.165) is 5.56 Å². The van der Waals surface area contributed by atoms with Crippen LogP contribution in [0.1, 0.15) is 11.1 Å². The highest BCUT2D eigenvalue weighted by Crippen LogP contribution is 2.37. The number of anilines is 1. The van der Waals surface area contributed by atoms with Crippen molar-refractivity contribution < 1.29 is 24.2 Å². The molecule has 0 saturated carbocycles. The van der Waals surface area contributed by atoms with Gasteiger partial charge in [-0.15, -0.1) is 0 Å². The Morgan fingerprint density at radius 2 is 1.55 bits per heavy atom. The first-order valence-electron chi connectivity index (χ1n) is 9.45. The Morgan fingerprint density at radius 1 is 0.966 bits per heavy atom. The van der Waals surface area contributed by atoms with E-state index in [1.54, 1.807) is 31.4 Å². The van der Waals surface area contributed by atoms with Gasteiger partial charge in [-0.2, -0.15) is 0 Å². The number of esters is 1. The van der Waals surface area contributed by atoms with Crippen LogP contribution in [0.4, 0.5) is 5.69 Å². The fourth-order valence-corrected chi connectivity index (χ4v) is 6.28. The third-order valence-corrected chi connectivity index (χ3v) is 7.52. The average molecular weight is 416 g/mol. The number of carboxylic acids is 1. The number of ether oxygens (including phenoxy) is 2. The van der Waals surface area contributed by atoms with Crippen LogP contribution < -0.4 is 10.1 Å². The van der Waals surface area contributed by atoms with E-state index in [1.807, 2.05) is 30.3 Å². The van der Waals surface area contributed by atoms with Gasteiger partial charge < -0.3 is 19.9 Å². The second-order valence-corrected chi connectivity index (χ2v) is 13.3. The van der Waals surface area contributed by atoms with Gasteiger partial charge in [-0.3, -0.25) is 4.79 Å². The lowest BCUT2D eigenvalue weighted by Crippen LogP contribution is -2.50. The van der Waals surface area contributed by atoms with Crippen molar-refractivity contribution >= 4 is 25.7 Å². The van der Waals surface area contributed by atoms with Gasteiger partial charge in [0.25, 0.3) is 0 Å². The molecule has 0 bridgehead atoms. The zero-order valence-corrected chi connectivity index (χ0v) is 18.5. The highest BCUT2D eigenvalue weighted by atomic mass is 28.3. The molecule has 156 valence electrons. The quantitative estimate of drug-likeness (QED) is 0.475. The van der Waals surface area contributed by atoms with Crippen LogP contribution in [-0.2, 0) is 14.3 Å². The van der Waals surface area contributed by atoms with Crippen molar-refractivity contribution in [3.8, 4) is 5.75 Å². The van der Waals surface area contributed by atoms with Crippen molar-refractivity contribution in [2.45, 2.75) is 31.2 Å². The van der Waals surface area contributed by atoms with Gasteiger partial charge in [-0.1, -0.05) is 50.0 Å². The molecule has 2 aromatic carbocycles. The number of carbonyl (C=O) groups is 2. The Hall–Kier alpha value is -2.80. The smallest absolute Gasteiger partial charge is 0.329 e. The fourth-order valence-electron chi connectivity index (χ4n) is 3.67. The van der Waals surface area contributed by atoms with Crippen molar-refractivity contribution in [3.05, 3.63) is 60.2 Å². The SMILES string of the molecule is COC(=O)[C@H](Nc1ccc(OC)cc1)[C@H](C(=O)O)[C@@H](c1ccccc1)[Si](C)(C)C. The molecule has 0 unspecified atom stereocenters. The highest BCUT2D eigenvalue weighted by Gasteiger charge is 2.46. The Morgan fingerprint density at radius 3 is 2.00 bits per heavy atom. The summed E-state index contributed by atoms with van der Waals surface area (Å²) in [5.41, 5.74) is 1.25. The molecule has 0 aromatic heterocycles. The van der Waals surface area contributed by atoms with Crippen LogP contribution in [0.2, 0.25) is 19.6 Å². The van der Waals surface area contributed by atoms with E-state index >= 15 is 0 Å². The summed E-state index contributed by atoms with van der Waals surface area (Å²) >= 11 is 0. The van der Waals surface area contributed by atoms with Gasteiger partial charge in [0.15, 0.2) is 0 Å². The summed E-state index contributed by atoms with van der Waals surface area (Å²) in [6.45, 7) is 6.34. The van der Waals surface area contributed by atoms with Gasteiger partial charge in [0.05, 0.1) is 28.2 Å². The van der Waals surface area contributed by atoms with Crippen LogP contribution in [0.15, 0.2) is 54.6 Å². The minimum atomic E-state index is -2.06. The van der Waals surface area contributed by atoms with Crippen molar-refractivity contribution in [2.24, 2.45) is 5.92 Å². The van der Waals surface area contributed by atoms with Crippen LogP contribution >= 0.6 is 0 Å². The molecule has 0 spiro atoms. The molecular formula is C22H29NO5Si. The molecule has 29 heavy (non-hydrogen) atoms. The van der Waals surface area contributed by atoms with E-state index in [1.165, 1.54) is 7.11 Å². The highest BCUT2D eigenvalue weighted by molar-refractivity contribution is 6.77. The number of carboxylic acid groups (broad SMARTS) is 1. The zero-order chi connectivity index (χ0) is 21.6. The Balaban J connectivity index is 2.52. The normalized spacial score (nSPS) is 14.4. The summed E-state index contributed by atoms with van der Waals surface area (Å²) < 4.78 is 10.1. The number of carbonyl (C=O) groups excluding carboxylic acids is 1. The second-order valence-electron chi connectivity index (χ2n) is 7.99. The lowest BCUT2D eigenvalue weighted by atomic mass is 9.90. The molecule has 0 aliphatic rings. The molecule has 0 aliphatic carbocycles. The van der Waals surface area contributed by atoms with Crippen LogP contribution in [0.3, 0.4) is 0 Å². The van der Waals surface area contributed by atoms with Crippen molar-refractivity contribution in [2.75, 3.05) is 19.5 Å². The predicted molar refractivity (Wildman–Crippen MR) is 116 cm³/mol. The molecule has 0 amide bonds. The van der Waals surface area contributed by atoms with E-state index in [-0.39, 0.29) is 5.54 Å². The summed E-state index contributed by atoms with van der Waals surface area (Å²) in [5, 5.41) is 13.3. The maximum Gasteiger partial charge on any atom is 0.329 e. The summed E-state index contributed by atoms with van der Waals surface area (Å²) in [4.78, 5) is 25.2. The van der Waals surface area contributed by atoms with Crippen molar-refractivity contribution in [1.29, 1.82) is 0 Å². The standard InChI is InChI=1S/C22H29NO5Si/c1-27-17-13-11-16(12-14-17)23-19(22(26)28-2)18(21(24)25)20(29(3,4)5)15-9-7-6-8-10-15/h6-14,18-20,23H,1-5H3,(H,24,25)/t18-,19+,20+/m0/s1. The third kappa shape index (κ3) is 5.60. The van der Waals surface area contributed by atoms with E-state index in [2.05, 4.69) is 25.0 Å². The van der Waals surface area contributed by atoms with Gasteiger partial charge >= 0.3 is 11.9 Å². The zero-order valence-electron chi connectivity index (χ0n) is 17.5. The minimum Gasteiger partial charge on any atom is -0.497 e. The van der Waals surface area contributed by atoms with E-state index in [0.29, 0.717) is 11.4 Å². The third-order valence-electron chi connectivity index (χ3n) is 4.96. The molecule has 0 saturated heterocycles. The number of aliphatic carboxylic acids is 1. The lowest BCUT2D eigenvalue weighted by Gasteiger charge is -2.37. The molecule has 2 rings (SSSR count). The molecule has 0 radical (unpaired) electrons. The van der Waals surface area contributed by atoms with Gasteiger partial charge in [-0.25, -0.2) is 4.79 Å². The maximum atomic E-state index is 12.7. The van der Waals surface area contributed by atoms with Crippen LogP contribution in [-0.4, -0.2) is 45.4 Å². The Kier molecular flexibility index (Phi) is 7.45. The van der Waals surface area contributed by atoms with E-state index < -0.39 is 32.0 Å². The number of rotatable bonds is 9. The number of hydrogen-bond donors (Lipinski definition) is 2. The molecule has 2 aromatic rings. The van der Waals surface area contributed by atoms with Crippen LogP contribution in [0.25, 0.3) is 0 Å².